The van der Waals surface area contributed by atoms with Crippen molar-refractivity contribution in [3.8, 4) is 34.1 Å². The lowest BCUT2D eigenvalue weighted by Crippen LogP contribution is -2.15. The second-order valence-electron chi connectivity index (χ2n) is 6.84. The third kappa shape index (κ3) is 4.04. The standard InChI is InChI=1S/C24H23BrO8/c1-29-13-9-12(11-25)17(16(10-13)31-3)19-14-7-6-8-15(30-2)18(14)22(26)21(24(28)33-5)20(19)23(27)32-4/h6-10,26H,11H2,1-5H3. The van der Waals surface area contributed by atoms with Gasteiger partial charge in [0.1, 0.15) is 28.6 Å². The molecule has 0 aromatic heterocycles. The number of halogens is 1. The van der Waals surface area contributed by atoms with Gasteiger partial charge in [-0.2, -0.15) is 0 Å². The Balaban J connectivity index is 2.71. The van der Waals surface area contributed by atoms with Gasteiger partial charge in [0.05, 0.1) is 46.5 Å². The van der Waals surface area contributed by atoms with E-state index in [9.17, 15) is 14.7 Å². The number of esters is 2. The number of carbonyl (C=O) groups is 2. The van der Waals surface area contributed by atoms with Gasteiger partial charge in [-0.15, -0.1) is 0 Å². The van der Waals surface area contributed by atoms with Crippen molar-refractivity contribution in [1.29, 1.82) is 0 Å². The molecule has 33 heavy (non-hydrogen) atoms. The van der Waals surface area contributed by atoms with Gasteiger partial charge in [0.25, 0.3) is 0 Å². The molecule has 3 aromatic rings. The van der Waals surface area contributed by atoms with Crippen molar-refractivity contribution in [2.24, 2.45) is 0 Å². The van der Waals surface area contributed by atoms with Crippen LogP contribution in [0.4, 0.5) is 0 Å². The quantitative estimate of drug-likeness (QED) is 0.354. The average molecular weight is 519 g/mol. The zero-order chi connectivity index (χ0) is 24.3. The van der Waals surface area contributed by atoms with Gasteiger partial charge in [-0.1, -0.05) is 28.1 Å². The van der Waals surface area contributed by atoms with E-state index in [0.717, 1.165) is 7.11 Å². The van der Waals surface area contributed by atoms with Crippen LogP contribution in [0, 0.1) is 0 Å². The first-order valence-electron chi connectivity index (χ1n) is 9.71. The van der Waals surface area contributed by atoms with E-state index in [1.165, 1.54) is 28.4 Å². The Labute approximate surface area is 199 Å². The lowest BCUT2D eigenvalue weighted by molar-refractivity contribution is 0.0553. The molecule has 0 aliphatic carbocycles. The Morgan fingerprint density at radius 2 is 1.48 bits per heavy atom. The number of alkyl halides is 1. The van der Waals surface area contributed by atoms with Crippen molar-refractivity contribution in [1.82, 2.24) is 0 Å². The van der Waals surface area contributed by atoms with Gasteiger partial charge in [0, 0.05) is 22.5 Å². The summed E-state index contributed by atoms with van der Waals surface area (Å²) in [5.74, 6) is -0.955. The van der Waals surface area contributed by atoms with Crippen LogP contribution in [-0.2, 0) is 14.8 Å². The van der Waals surface area contributed by atoms with E-state index in [-0.39, 0.29) is 16.5 Å². The minimum atomic E-state index is -0.908. The van der Waals surface area contributed by atoms with Gasteiger partial charge in [0.15, 0.2) is 0 Å². The molecule has 3 rings (SSSR count). The van der Waals surface area contributed by atoms with Gasteiger partial charge >= 0.3 is 11.9 Å². The monoisotopic (exact) mass is 518 g/mol. The molecule has 0 heterocycles. The summed E-state index contributed by atoms with van der Waals surface area (Å²) in [6, 6.07) is 8.51. The van der Waals surface area contributed by atoms with Crippen molar-refractivity contribution in [3.63, 3.8) is 0 Å². The van der Waals surface area contributed by atoms with Gasteiger partial charge in [-0.05, 0) is 23.1 Å². The van der Waals surface area contributed by atoms with Crippen LogP contribution in [0.1, 0.15) is 26.3 Å². The number of rotatable bonds is 7. The fourth-order valence-electron chi connectivity index (χ4n) is 3.84. The molecule has 0 radical (unpaired) electrons. The predicted octanol–water partition coefficient (Wildman–Crippen LogP) is 4.71. The Kier molecular flexibility index (Phi) is 7.33. The van der Waals surface area contributed by atoms with E-state index in [1.54, 1.807) is 30.3 Å². The topological polar surface area (TPSA) is 101 Å². The number of hydrogen-bond acceptors (Lipinski definition) is 8. The molecule has 0 bridgehead atoms. The van der Waals surface area contributed by atoms with Crippen molar-refractivity contribution in [2.75, 3.05) is 35.5 Å². The van der Waals surface area contributed by atoms with Crippen molar-refractivity contribution < 1.29 is 38.4 Å². The minimum absolute atomic E-state index is 0.159. The highest BCUT2D eigenvalue weighted by Gasteiger charge is 2.33. The number of phenols is 1. The fraction of sp³-hybridized carbons (Fsp3) is 0.250. The third-order valence-electron chi connectivity index (χ3n) is 5.28. The Hall–Kier alpha value is -3.46. The van der Waals surface area contributed by atoms with E-state index in [4.69, 9.17) is 23.7 Å². The summed E-state index contributed by atoms with van der Waals surface area (Å²) in [7, 11) is 6.81. The molecule has 0 spiro atoms. The summed E-state index contributed by atoms with van der Waals surface area (Å²) < 4.78 is 26.4. The second kappa shape index (κ2) is 9.99. The summed E-state index contributed by atoms with van der Waals surface area (Å²) in [6.07, 6.45) is 0. The second-order valence-corrected chi connectivity index (χ2v) is 7.40. The smallest absolute Gasteiger partial charge is 0.342 e. The van der Waals surface area contributed by atoms with Crippen LogP contribution in [0.25, 0.3) is 21.9 Å². The predicted molar refractivity (Wildman–Crippen MR) is 126 cm³/mol. The SMILES string of the molecule is COC(=O)c1c(C(=O)OC)c(O)c2c(OC)cccc2c1-c1c(CBr)cc(OC)cc1OC. The van der Waals surface area contributed by atoms with Crippen molar-refractivity contribution in [3.05, 3.63) is 47.0 Å². The molecule has 0 amide bonds. The summed E-state index contributed by atoms with van der Waals surface area (Å²) in [5.41, 5.74) is 1.05. The molecule has 0 fully saturated rings. The maximum Gasteiger partial charge on any atom is 0.342 e. The van der Waals surface area contributed by atoms with Gasteiger partial charge in [-0.3, -0.25) is 0 Å². The van der Waals surface area contributed by atoms with E-state index in [0.29, 0.717) is 44.7 Å². The number of phenolic OH excluding ortho intramolecular Hbond substituents is 1. The van der Waals surface area contributed by atoms with Crippen LogP contribution >= 0.6 is 15.9 Å². The van der Waals surface area contributed by atoms with Gasteiger partial charge in [0.2, 0.25) is 0 Å². The highest BCUT2D eigenvalue weighted by atomic mass is 79.9. The molecule has 0 aliphatic heterocycles. The van der Waals surface area contributed by atoms with Gasteiger partial charge < -0.3 is 28.8 Å². The Bertz CT molecular complexity index is 1210. The number of hydrogen-bond donors (Lipinski definition) is 1. The molecule has 9 heteroatoms. The molecule has 0 saturated carbocycles. The molecule has 0 saturated heterocycles. The van der Waals surface area contributed by atoms with Crippen LogP contribution in [0.5, 0.6) is 23.0 Å². The largest absolute Gasteiger partial charge is 0.506 e. The average Bonchev–Trinajstić information content (AvgIpc) is 2.86. The molecule has 174 valence electrons. The highest BCUT2D eigenvalue weighted by Crippen LogP contribution is 2.49. The molecule has 1 N–H and O–H groups in total. The molecule has 0 unspecified atom stereocenters. The molecule has 0 aliphatic rings. The van der Waals surface area contributed by atoms with E-state index >= 15 is 0 Å². The maximum absolute atomic E-state index is 13.1. The lowest BCUT2D eigenvalue weighted by atomic mass is 9.86. The molecule has 0 atom stereocenters. The normalized spacial score (nSPS) is 10.6. The number of methoxy groups -OCH3 is 5. The summed E-state index contributed by atoms with van der Waals surface area (Å²) in [4.78, 5) is 25.9. The molecular formula is C24H23BrO8. The van der Waals surface area contributed by atoms with Crippen LogP contribution < -0.4 is 14.2 Å². The van der Waals surface area contributed by atoms with Crippen molar-refractivity contribution >= 4 is 38.6 Å². The zero-order valence-corrected chi connectivity index (χ0v) is 20.4. The van der Waals surface area contributed by atoms with Crippen LogP contribution in [-0.4, -0.2) is 52.6 Å². The number of aromatic hydroxyl groups is 1. The number of carbonyl (C=O) groups excluding carboxylic acids is 2. The number of benzene rings is 3. The van der Waals surface area contributed by atoms with Crippen LogP contribution in [0.3, 0.4) is 0 Å². The first-order valence-corrected chi connectivity index (χ1v) is 10.8. The molecule has 3 aromatic carbocycles. The van der Waals surface area contributed by atoms with E-state index in [1.807, 2.05) is 0 Å². The first kappa shape index (κ1) is 24.2. The highest BCUT2D eigenvalue weighted by molar-refractivity contribution is 9.08. The molecular weight excluding hydrogens is 496 g/mol. The van der Waals surface area contributed by atoms with Gasteiger partial charge in [-0.25, -0.2) is 9.59 Å². The van der Waals surface area contributed by atoms with Crippen molar-refractivity contribution in [2.45, 2.75) is 5.33 Å². The number of ether oxygens (including phenoxy) is 5. The molecule has 8 nitrogen and oxygen atoms in total. The zero-order valence-electron chi connectivity index (χ0n) is 18.8. The fourth-order valence-corrected chi connectivity index (χ4v) is 4.28. The summed E-state index contributed by atoms with van der Waals surface area (Å²) in [6.45, 7) is 0. The first-order chi connectivity index (χ1) is 15.9. The number of fused-ring (bicyclic) bond motifs is 1. The summed E-state index contributed by atoms with van der Waals surface area (Å²) in [5, 5.41) is 12.2. The lowest BCUT2D eigenvalue weighted by Gasteiger charge is -2.22. The maximum atomic E-state index is 13.1. The van der Waals surface area contributed by atoms with Crippen LogP contribution in [0.15, 0.2) is 30.3 Å². The van der Waals surface area contributed by atoms with Crippen LogP contribution in [0.2, 0.25) is 0 Å². The Morgan fingerprint density at radius 3 is 2.03 bits per heavy atom. The van der Waals surface area contributed by atoms with E-state index < -0.39 is 17.7 Å². The minimum Gasteiger partial charge on any atom is -0.506 e. The Morgan fingerprint density at radius 1 is 0.848 bits per heavy atom. The van der Waals surface area contributed by atoms with E-state index in [2.05, 4.69) is 15.9 Å². The third-order valence-corrected chi connectivity index (χ3v) is 5.88. The summed E-state index contributed by atoms with van der Waals surface area (Å²) >= 11 is 3.49.